The topological polar surface area (TPSA) is 79.2 Å². The van der Waals surface area contributed by atoms with Crippen LogP contribution in [0.2, 0.25) is 0 Å². The van der Waals surface area contributed by atoms with E-state index in [1.54, 1.807) is 7.11 Å². The third-order valence-corrected chi connectivity index (χ3v) is 8.66. The monoisotopic (exact) mass is 498 g/mol. The molecule has 1 aromatic carbocycles. The molecule has 2 amide bonds. The third kappa shape index (κ3) is 4.48. The highest BCUT2D eigenvalue weighted by Crippen LogP contribution is 2.50. The lowest BCUT2D eigenvalue weighted by molar-refractivity contribution is 0.0350. The maximum atomic E-state index is 13.4. The number of rotatable bonds is 5. The van der Waals surface area contributed by atoms with E-state index in [1.165, 1.54) is 10.9 Å². The Bertz CT molecular complexity index is 1080. The summed E-state index contributed by atoms with van der Waals surface area (Å²) in [5.74, 6) is 1.53. The fourth-order valence-corrected chi connectivity index (χ4v) is 6.77. The van der Waals surface area contributed by atoms with E-state index >= 15 is 0 Å². The van der Waals surface area contributed by atoms with E-state index in [0.717, 1.165) is 75.5 Å². The number of likely N-dealkylation sites (tertiary alicyclic amines) is 1. The largest absolute Gasteiger partial charge is 0.497 e. The number of nitrogens with one attached hydrogen (secondary N) is 1. The molecule has 2 fully saturated rings. The molecule has 8 heteroatoms. The molecule has 8 nitrogen and oxygen atoms in total. The Balaban J connectivity index is 1.53. The van der Waals surface area contributed by atoms with Gasteiger partial charge in [-0.3, -0.25) is 0 Å². The van der Waals surface area contributed by atoms with Crippen molar-refractivity contribution in [1.29, 1.82) is 0 Å². The van der Waals surface area contributed by atoms with Crippen molar-refractivity contribution in [3.8, 4) is 5.75 Å². The third-order valence-electron chi connectivity index (χ3n) is 8.66. The Hall–Kier alpha value is -2.29. The van der Waals surface area contributed by atoms with Gasteiger partial charge < -0.3 is 34.3 Å². The summed E-state index contributed by atoms with van der Waals surface area (Å²) in [6.45, 7) is 9.42. The van der Waals surface area contributed by atoms with Crippen LogP contribution in [0.1, 0.15) is 56.8 Å². The predicted octanol–water partition coefficient (Wildman–Crippen LogP) is 3.41. The van der Waals surface area contributed by atoms with Gasteiger partial charge in [-0.15, -0.1) is 0 Å². The van der Waals surface area contributed by atoms with Gasteiger partial charge in [0.2, 0.25) is 0 Å². The first-order chi connectivity index (χ1) is 17.4. The summed E-state index contributed by atoms with van der Waals surface area (Å²) in [4.78, 5) is 17.9. The highest BCUT2D eigenvalue weighted by Gasteiger charge is 2.49. The normalized spacial score (nSPS) is 22.8. The van der Waals surface area contributed by atoms with E-state index in [9.17, 15) is 9.90 Å². The van der Waals surface area contributed by atoms with Crippen LogP contribution in [0, 0.1) is 5.92 Å². The average Bonchev–Trinajstić information content (AvgIpc) is 3.18. The SMILES string of the molecule is COc1ccc2c3c(n(C)c2c1)[C@H](CO)N(C(=O)NC(C)C)CC31CCN(CC2CCOCC2)CC1. The van der Waals surface area contributed by atoms with Crippen molar-refractivity contribution in [1.82, 2.24) is 19.7 Å². The number of urea groups is 1. The van der Waals surface area contributed by atoms with Crippen LogP contribution < -0.4 is 10.1 Å². The zero-order valence-electron chi connectivity index (χ0n) is 22.3. The number of hydrogen-bond donors (Lipinski definition) is 2. The molecule has 0 aliphatic carbocycles. The van der Waals surface area contributed by atoms with Crippen LogP contribution in [0.3, 0.4) is 0 Å². The second-order valence-electron chi connectivity index (χ2n) is 11.3. The maximum Gasteiger partial charge on any atom is 0.318 e. The molecule has 2 saturated heterocycles. The molecule has 1 aromatic heterocycles. The van der Waals surface area contributed by atoms with E-state index < -0.39 is 0 Å². The van der Waals surface area contributed by atoms with E-state index in [1.807, 2.05) is 24.8 Å². The minimum Gasteiger partial charge on any atom is -0.497 e. The van der Waals surface area contributed by atoms with Crippen molar-refractivity contribution in [2.24, 2.45) is 13.0 Å². The van der Waals surface area contributed by atoms with Crippen LogP contribution in [0.25, 0.3) is 10.9 Å². The van der Waals surface area contributed by atoms with Gasteiger partial charge in [0.25, 0.3) is 0 Å². The zero-order valence-corrected chi connectivity index (χ0v) is 22.3. The molecule has 3 aliphatic heterocycles. The summed E-state index contributed by atoms with van der Waals surface area (Å²) < 4.78 is 13.3. The summed E-state index contributed by atoms with van der Waals surface area (Å²) in [5.41, 5.74) is 3.33. The van der Waals surface area contributed by atoms with Crippen LogP contribution >= 0.6 is 0 Å². The lowest BCUT2D eigenvalue weighted by Crippen LogP contribution is -2.58. The fraction of sp³-hybridized carbons (Fsp3) is 0.679. The number of aromatic nitrogens is 1. The van der Waals surface area contributed by atoms with Crippen LogP contribution in [-0.4, -0.2) is 84.7 Å². The quantitative estimate of drug-likeness (QED) is 0.661. The van der Waals surface area contributed by atoms with Gasteiger partial charge in [-0.05, 0) is 76.2 Å². The maximum absolute atomic E-state index is 13.4. The van der Waals surface area contributed by atoms with Crippen LogP contribution in [0.5, 0.6) is 5.75 Å². The number of amides is 2. The van der Waals surface area contributed by atoms with E-state index in [2.05, 4.69) is 34.0 Å². The van der Waals surface area contributed by atoms with Crippen LogP contribution in [0.4, 0.5) is 4.79 Å². The van der Waals surface area contributed by atoms with Crippen LogP contribution in [0.15, 0.2) is 18.2 Å². The summed E-state index contributed by atoms with van der Waals surface area (Å²) in [6.07, 6.45) is 4.30. The number of aliphatic hydroxyl groups excluding tert-OH is 1. The molecule has 198 valence electrons. The lowest BCUT2D eigenvalue weighted by atomic mass is 9.68. The van der Waals surface area contributed by atoms with Gasteiger partial charge >= 0.3 is 6.03 Å². The number of fused-ring (bicyclic) bond motifs is 4. The number of hydrogen-bond acceptors (Lipinski definition) is 5. The van der Waals surface area contributed by atoms with Crippen molar-refractivity contribution < 1.29 is 19.4 Å². The second kappa shape index (κ2) is 10.2. The molecule has 5 rings (SSSR count). The molecule has 1 spiro atoms. The second-order valence-corrected chi connectivity index (χ2v) is 11.3. The average molecular weight is 499 g/mol. The lowest BCUT2D eigenvalue weighted by Gasteiger charge is -2.51. The molecule has 4 heterocycles. The molecule has 36 heavy (non-hydrogen) atoms. The Morgan fingerprint density at radius 3 is 2.61 bits per heavy atom. The van der Waals surface area contributed by atoms with Gasteiger partial charge in [-0.25, -0.2) is 4.79 Å². The fourth-order valence-electron chi connectivity index (χ4n) is 6.77. The van der Waals surface area contributed by atoms with Crippen molar-refractivity contribution in [3.63, 3.8) is 0 Å². The Morgan fingerprint density at radius 2 is 1.97 bits per heavy atom. The van der Waals surface area contributed by atoms with Gasteiger partial charge in [-0.2, -0.15) is 0 Å². The summed E-state index contributed by atoms with van der Waals surface area (Å²) >= 11 is 0. The molecule has 3 aliphatic rings. The predicted molar refractivity (Wildman–Crippen MR) is 141 cm³/mol. The van der Waals surface area contributed by atoms with E-state index in [0.29, 0.717) is 12.5 Å². The van der Waals surface area contributed by atoms with E-state index in [-0.39, 0.29) is 30.1 Å². The number of methoxy groups -OCH3 is 1. The number of ether oxygens (including phenoxy) is 2. The number of piperidine rings is 1. The summed E-state index contributed by atoms with van der Waals surface area (Å²) in [6, 6.07) is 5.83. The van der Waals surface area contributed by atoms with Crippen molar-refractivity contribution in [2.75, 3.05) is 53.1 Å². The van der Waals surface area contributed by atoms with Crippen LogP contribution in [-0.2, 0) is 17.2 Å². The first kappa shape index (κ1) is 25.4. The van der Waals surface area contributed by atoms with Gasteiger partial charge in [0.1, 0.15) is 5.75 Å². The standard InChI is InChI=1S/C28H42N4O4/c1-19(2)29-27(34)32-18-28(9-11-31(12-10-28)16-20-7-13-36-14-8-20)25-22-6-5-21(35-4)15-23(22)30(3)26(25)24(32)17-33/h5-6,15,19-20,24,33H,7-14,16-18H2,1-4H3,(H,29,34)/t24-/m0/s1. The molecule has 0 saturated carbocycles. The Morgan fingerprint density at radius 1 is 1.25 bits per heavy atom. The van der Waals surface area contributed by atoms with Gasteiger partial charge in [0, 0.05) is 62.0 Å². The minimum atomic E-state index is -0.381. The highest BCUT2D eigenvalue weighted by molar-refractivity contribution is 5.89. The van der Waals surface area contributed by atoms with Crippen molar-refractivity contribution >= 4 is 16.9 Å². The molecule has 1 atom stereocenters. The number of nitrogens with zero attached hydrogens (tertiary/aromatic N) is 3. The number of carbonyl (C=O) groups excluding carboxylic acids is 1. The first-order valence-electron chi connectivity index (χ1n) is 13.5. The van der Waals surface area contributed by atoms with Gasteiger partial charge in [0.15, 0.2) is 0 Å². The number of carbonyl (C=O) groups is 1. The molecular formula is C28H42N4O4. The number of aryl methyl sites for hydroxylation is 1. The first-order valence-corrected chi connectivity index (χ1v) is 13.5. The highest BCUT2D eigenvalue weighted by atomic mass is 16.5. The Labute approximate surface area is 214 Å². The molecule has 0 bridgehead atoms. The minimum absolute atomic E-state index is 0.0345. The smallest absolute Gasteiger partial charge is 0.318 e. The molecular weight excluding hydrogens is 456 g/mol. The zero-order chi connectivity index (χ0) is 25.4. The molecule has 2 N–H and O–H groups in total. The molecule has 2 aromatic rings. The van der Waals surface area contributed by atoms with E-state index in [4.69, 9.17) is 9.47 Å². The Kier molecular flexibility index (Phi) is 7.21. The molecule has 0 radical (unpaired) electrons. The number of benzene rings is 1. The van der Waals surface area contributed by atoms with Gasteiger partial charge in [-0.1, -0.05) is 0 Å². The van der Waals surface area contributed by atoms with Gasteiger partial charge in [0.05, 0.1) is 25.3 Å². The summed E-state index contributed by atoms with van der Waals surface area (Å²) in [5, 5.41) is 14.9. The van der Waals surface area contributed by atoms with Crippen molar-refractivity contribution in [3.05, 3.63) is 29.5 Å². The number of aliphatic hydroxyl groups is 1. The molecule has 0 unspecified atom stereocenters. The summed E-state index contributed by atoms with van der Waals surface area (Å²) in [7, 11) is 3.75. The van der Waals surface area contributed by atoms with Crippen molar-refractivity contribution in [2.45, 2.75) is 57.0 Å².